The van der Waals surface area contributed by atoms with Gasteiger partial charge in [0.15, 0.2) is 23.1 Å². The highest BCUT2D eigenvalue weighted by atomic mass is 79.9. The van der Waals surface area contributed by atoms with Crippen LogP contribution in [0.3, 0.4) is 0 Å². The van der Waals surface area contributed by atoms with Crippen LogP contribution in [0.1, 0.15) is 431 Å². The van der Waals surface area contributed by atoms with Gasteiger partial charge in [-0.2, -0.15) is 0 Å². The van der Waals surface area contributed by atoms with E-state index in [2.05, 4.69) is 240 Å². The van der Waals surface area contributed by atoms with Gasteiger partial charge in [-0.05, 0) is 401 Å². The van der Waals surface area contributed by atoms with Crippen LogP contribution in [0.5, 0.6) is 0 Å². The lowest BCUT2D eigenvalue weighted by Gasteiger charge is -2.71. The first-order valence-corrected chi connectivity index (χ1v) is 58.1. The van der Waals surface area contributed by atoms with Gasteiger partial charge in [0.05, 0.1) is 58.6 Å². The second-order valence-electron chi connectivity index (χ2n) is 61.0. The number of hydrogen-bond acceptors (Lipinski definition) is 14. The summed E-state index contributed by atoms with van der Waals surface area (Å²) in [4.78, 5) is 130. The van der Waals surface area contributed by atoms with E-state index in [-0.39, 0.29) is 190 Å². The molecule has 20 aliphatic rings. The molecule has 0 bridgehead atoms. The van der Waals surface area contributed by atoms with E-state index >= 15 is 0 Å². The number of rotatable bonds is 8. The van der Waals surface area contributed by atoms with Gasteiger partial charge in [-0.3, -0.25) is 47.9 Å². The van der Waals surface area contributed by atoms with Crippen LogP contribution in [0.2, 0.25) is 0 Å². The molecule has 20 rings (SSSR count). The number of allylic oxidation sites excluding steroid dienone is 12. The summed E-state index contributed by atoms with van der Waals surface area (Å²) in [7, 11) is 6.00. The lowest BCUT2D eigenvalue weighted by Crippen LogP contribution is -2.68. The molecule has 15 heteroatoms. The second kappa shape index (κ2) is 34.9. The van der Waals surface area contributed by atoms with E-state index in [1.807, 2.05) is 18.2 Å². The number of esters is 4. The summed E-state index contributed by atoms with van der Waals surface area (Å²) in [6, 6.07) is 0. The molecule has 0 aromatic carbocycles. The Morgan fingerprint density at radius 1 is 0.350 bits per heavy atom. The number of ether oxygens (including phenoxy) is 4. The standard InChI is InChI=1S/C32H45BrO4.C32H48O4.C32H50O3.C32H48O3/c1-27(2)22-9-10-31(6)23(30(22,5)17-20(33)26(27)36)15-21(34)25-19-16-28(3,18-24(35)37-8)11-12-29(19,4)13-14-32(25,31)7;1-27(2)22-9-12-31(6)23(30(22,5)11-10-24(27)34)17-21(33)26-20-18-28(3,19-25(35)36-8)13-14-29(20,4)15-16-32(26,31)7;2*1-27(2)23-11-14-32(7)24(30(23,5)13-12-25(27)33)10-9-21-22-19-28(3,20-26(34)35-8)15-16-29(22,4)17-18-31(21,32)6/h15,17,19,22,25H,9-14,16,18H2,1-8H3;10-11,20,22-23,26H,9,12-19H2,1-8H3;9,22-24H,10-20H2,1-8H3;9,12-13,22-24H,10-11,14-20H2,1-8H3/t19-,22-,25-,28-,29+,30-,31+,32+;20-,22-,23?,26-,28-,29+,30-,31+,32+;2*22-,23-,24?,28-,29+,30-,31+,32+/m0000/s1. The minimum absolute atomic E-state index is 0.0221. The van der Waals surface area contributed by atoms with E-state index in [1.54, 1.807) is 11.1 Å². The number of Topliss-reactive ketones (excluding diaryl/α,β-unsaturated/α-hetero) is 3. The Bertz CT molecular complexity index is 5430. The molecule has 0 saturated heterocycles. The third kappa shape index (κ3) is 15.9. The summed E-state index contributed by atoms with van der Waals surface area (Å²) in [5.41, 5.74) is 4.59. The summed E-state index contributed by atoms with van der Waals surface area (Å²) in [5, 5.41) is 0. The van der Waals surface area contributed by atoms with E-state index in [0.29, 0.717) is 106 Å². The lowest BCUT2D eigenvalue weighted by atomic mass is 9.32. The number of methoxy groups -OCH3 is 4. The summed E-state index contributed by atoms with van der Waals surface area (Å²) >= 11 is 3.61. The zero-order valence-corrected chi connectivity index (χ0v) is 97.0. The van der Waals surface area contributed by atoms with E-state index in [4.69, 9.17) is 18.9 Å². The van der Waals surface area contributed by atoms with Gasteiger partial charge in [-0.25, -0.2) is 0 Å². The number of hydrogen-bond donors (Lipinski definition) is 0. The molecule has 794 valence electrons. The Morgan fingerprint density at radius 3 is 1.18 bits per heavy atom. The zero-order chi connectivity index (χ0) is 105. The zero-order valence-electron chi connectivity index (χ0n) is 95.4. The number of carbonyl (C=O) groups is 10. The van der Waals surface area contributed by atoms with Crippen LogP contribution in [0.25, 0.3) is 0 Å². The largest absolute Gasteiger partial charge is 0.469 e. The fourth-order valence-electron chi connectivity index (χ4n) is 42.1. The van der Waals surface area contributed by atoms with Crippen LogP contribution in [0, 0.1) is 207 Å². The summed E-state index contributed by atoms with van der Waals surface area (Å²) in [6.45, 7) is 66.1. The molecule has 143 heavy (non-hydrogen) atoms. The molecule has 20 aliphatic carbocycles. The van der Waals surface area contributed by atoms with Crippen LogP contribution < -0.4 is 0 Å². The molecule has 0 aromatic heterocycles. The van der Waals surface area contributed by atoms with Gasteiger partial charge in [0.2, 0.25) is 0 Å². The Morgan fingerprint density at radius 2 is 0.727 bits per heavy atom. The highest BCUT2D eigenvalue weighted by molar-refractivity contribution is 9.12. The number of fused-ring (bicyclic) bond motifs is 28. The smallest absolute Gasteiger partial charge is 0.306 e. The van der Waals surface area contributed by atoms with Crippen molar-refractivity contribution in [3.63, 3.8) is 0 Å². The molecular formula is C128H191BrO14. The highest BCUT2D eigenvalue weighted by Crippen LogP contribution is 2.83. The third-order valence-electron chi connectivity index (χ3n) is 52.7. The molecule has 0 N–H and O–H groups in total. The fraction of sp³-hybridized carbons (Fsp3) is 0.828. The topological polar surface area (TPSA) is 208 Å². The van der Waals surface area contributed by atoms with Crippen molar-refractivity contribution in [2.45, 2.75) is 431 Å². The van der Waals surface area contributed by atoms with Gasteiger partial charge >= 0.3 is 23.9 Å². The molecule has 3 unspecified atom stereocenters. The van der Waals surface area contributed by atoms with Gasteiger partial charge in [-0.1, -0.05) is 241 Å². The molecule has 0 spiro atoms. The normalized spacial score (nSPS) is 50.2. The molecular weight excluding hydrogens is 1840 g/mol. The summed E-state index contributed by atoms with van der Waals surface area (Å²) in [6.07, 6.45) is 55.8. The maximum atomic E-state index is 14.4. The molecule has 14 nitrogen and oxygen atoms in total. The maximum absolute atomic E-state index is 14.4. The predicted molar refractivity (Wildman–Crippen MR) is 571 cm³/mol. The van der Waals surface area contributed by atoms with Gasteiger partial charge in [0, 0.05) is 51.8 Å². The van der Waals surface area contributed by atoms with Crippen LogP contribution in [0.15, 0.2) is 69.8 Å². The maximum Gasteiger partial charge on any atom is 0.306 e. The van der Waals surface area contributed by atoms with Gasteiger partial charge in [0.1, 0.15) is 11.6 Å². The van der Waals surface area contributed by atoms with Gasteiger partial charge in [0.25, 0.3) is 0 Å². The lowest BCUT2D eigenvalue weighted by molar-refractivity contribution is -0.221. The van der Waals surface area contributed by atoms with Crippen molar-refractivity contribution in [3.8, 4) is 0 Å². The van der Waals surface area contributed by atoms with Crippen molar-refractivity contribution in [1.29, 1.82) is 0 Å². The Balaban J connectivity index is 0.000000131. The number of ketones is 6. The van der Waals surface area contributed by atoms with E-state index in [9.17, 15) is 47.9 Å². The quantitative estimate of drug-likeness (QED) is 0.126. The van der Waals surface area contributed by atoms with Crippen molar-refractivity contribution in [3.05, 3.63) is 69.8 Å². The van der Waals surface area contributed by atoms with Crippen LogP contribution in [-0.4, -0.2) is 87.0 Å². The van der Waals surface area contributed by atoms with Crippen LogP contribution in [-0.2, 0) is 66.9 Å². The third-order valence-corrected chi connectivity index (χ3v) is 53.3. The predicted octanol–water partition coefficient (Wildman–Crippen LogP) is 30.2. The number of halogens is 1. The average molecular weight is 2030 g/mol. The highest BCUT2D eigenvalue weighted by Gasteiger charge is 2.77. The minimum atomic E-state index is -0.477. The fourth-order valence-corrected chi connectivity index (χ4v) is 43.1. The number of carbonyl (C=O) groups excluding carboxylic acids is 10. The molecule has 33 atom stereocenters. The van der Waals surface area contributed by atoms with E-state index < -0.39 is 5.41 Å². The van der Waals surface area contributed by atoms with E-state index in [0.717, 1.165) is 141 Å². The van der Waals surface area contributed by atoms with Gasteiger partial charge in [-0.15, -0.1) is 0 Å². The Kier molecular flexibility index (Phi) is 26.6. The first kappa shape index (κ1) is 109. The average Bonchev–Trinajstić information content (AvgIpc) is 0.625. The molecule has 14 saturated carbocycles. The van der Waals surface area contributed by atoms with Crippen LogP contribution in [0.4, 0.5) is 0 Å². The van der Waals surface area contributed by atoms with Gasteiger partial charge < -0.3 is 18.9 Å². The van der Waals surface area contributed by atoms with Crippen molar-refractivity contribution in [2.75, 3.05) is 28.4 Å². The molecule has 0 aliphatic heterocycles. The van der Waals surface area contributed by atoms with E-state index in [1.165, 1.54) is 98.2 Å². The molecule has 0 amide bonds. The SMILES string of the molecule is COC(=O)C[C@@]1(C)CC[C@]2(C)CC[C@]3(C)C(=CCC4[C@@]5(C)C=CC(=O)C(C)(C)[C@@H]5CC[C@]43C)[C@@H]2C1.COC(=O)C[C@@]1(C)CC[C@]2(C)CC[C@]3(C)C(=CCC4[C@@]5(C)CCC(=O)C(C)(C)[C@@H]5CC[C@]43C)[C@@H]2C1.COC(=O)C[C@@]1(C)CC[C@]2(C)CC[C@]3(C)[C@H](C(=O)C=C4[C@@]5(C)C=C(Br)C(=O)C(C)(C)[C@@H]5CC[C@]43C)[C@@H]2C1.COC(=O)C[C@@]1(C)CC[C@]2(C)CC[C@]3(C)[C@H](C(=O)CC4[C@@]5(C)C=CC(=O)C(C)(C)[C@@H]5CC[C@]43C)[C@@H]2C1. The summed E-state index contributed by atoms with van der Waals surface area (Å²) < 4.78 is 21.0. The first-order chi connectivity index (χ1) is 65.8. The Hall–Kier alpha value is -5.18. The molecule has 14 fully saturated rings. The second-order valence-corrected chi connectivity index (χ2v) is 61.9. The summed E-state index contributed by atoms with van der Waals surface area (Å²) in [5.74, 6) is 6.06. The van der Waals surface area contributed by atoms with Crippen molar-refractivity contribution in [2.24, 2.45) is 207 Å². The minimum Gasteiger partial charge on any atom is -0.469 e. The van der Waals surface area contributed by atoms with Crippen molar-refractivity contribution >= 4 is 74.5 Å². The molecule has 0 aromatic rings. The molecule has 0 radical (unpaired) electrons. The van der Waals surface area contributed by atoms with Crippen molar-refractivity contribution < 1.29 is 66.9 Å². The van der Waals surface area contributed by atoms with Crippen molar-refractivity contribution in [1.82, 2.24) is 0 Å². The first-order valence-electron chi connectivity index (χ1n) is 57.3. The van der Waals surface area contributed by atoms with Crippen LogP contribution >= 0.6 is 15.9 Å². The molecule has 0 heterocycles. The Labute approximate surface area is 872 Å². The monoisotopic (exact) mass is 2030 g/mol.